The van der Waals surface area contributed by atoms with Gasteiger partial charge < -0.3 is 15.0 Å². The van der Waals surface area contributed by atoms with Crippen LogP contribution in [0.15, 0.2) is 54.6 Å². The monoisotopic (exact) mass is 444 g/mol. The zero-order chi connectivity index (χ0) is 21.3. The molecular formula is C25H30Cl2N2O. The van der Waals surface area contributed by atoms with E-state index in [9.17, 15) is 0 Å². The fourth-order valence-corrected chi connectivity index (χ4v) is 4.14. The molecule has 0 saturated carbocycles. The van der Waals surface area contributed by atoms with Crippen molar-refractivity contribution in [2.24, 2.45) is 0 Å². The van der Waals surface area contributed by atoms with Gasteiger partial charge >= 0.3 is 0 Å². The molecule has 0 radical (unpaired) electrons. The first-order valence-electron chi connectivity index (χ1n) is 10.6. The summed E-state index contributed by atoms with van der Waals surface area (Å²) in [6.45, 7) is 9.80. The summed E-state index contributed by atoms with van der Waals surface area (Å²) in [6.07, 6.45) is 1.12. The van der Waals surface area contributed by atoms with Crippen molar-refractivity contribution < 1.29 is 4.74 Å². The minimum absolute atomic E-state index is 0.339. The van der Waals surface area contributed by atoms with E-state index in [-0.39, 0.29) is 0 Å². The highest BCUT2D eigenvalue weighted by molar-refractivity contribution is 6.35. The maximum atomic E-state index is 6.32. The minimum Gasteiger partial charge on any atom is -0.488 e. The van der Waals surface area contributed by atoms with E-state index in [1.807, 2.05) is 24.3 Å². The smallest absolute Gasteiger partial charge is 0.124 e. The Morgan fingerprint density at radius 3 is 2.33 bits per heavy atom. The Morgan fingerprint density at radius 1 is 0.867 bits per heavy atom. The lowest BCUT2D eigenvalue weighted by molar-refractivity contribution is 0.296. The maximum Gasteiger partial charge on any atom is 0.124 e. The van der Waals surface area contributed by atoms with Gasteiger partial charge in [0.1, 0.15) is 12.4 Å². The van der Waals surface area contributed by atoms with Gasteiger partial charge in [-0.2, -0.15) is 0 Å². The van der Waals surface area contributed by atoms with E-state index < -0.39 is 0 Å². The van der Waals surface area contributed by atoms with Gasteiger partial charge in [0.25, 0.3) is 0 Å². The molecule has 0 aliphatic rings. The number of nitrogens with one attached hydrogen (secondary N) is 1. The third kappa shape index (κ3) is 5.89. The standard InChI is InChI=1S/C25H30Cl2N2O/c1-3-29(4-2)16-8-15-28-17-21-20-10-6-5-9-19(20)13-14-25(21)30-18-22-23(26)11-7-12-24(22)27/h5-7,9-14,28H,3-4,8,15-18H2,1-2H3. The van der Waals surface area contributed by atoms with Gasteiger partial charge in [-0.3, -0.25) is 0 Å². The van der Waals surface area contributed by atoms with E-state index >= 15 is 0 Å². The molecule has 0 atom stereocenters. The zero-order valence-electron chi connectivity index (χ0n) is 17.8. The van der Waals surface area contributed by atoms with Crippen LogP contribution in [0.25, 0.3) is 10.8 Å². The number of nitrogens with zero attached hydrogens (tertiary/aromatic N) is 1. The lowest BCUT2D eigenvalue weighted by Gasteiger charge is -2.18. The van der Waals surface area contributed by atoms with Crippen molar-refractivity contribution >= 4 is 34.0 Å². The summed E-state index contributed by atoms with van der Waals surface area (Å²) in [7, 11) is 0. The predicted octanol–water partition coefficient (Wildman–Crippen LogP) is 6.55. The number of hydrogen-bond acceptors (Lipinski definition) is 3. The van der Waals surface area contributed by atoms with Gasteiger partial charge in [0.2, 0.25) is 0 Å². The normalized spacial score (nSPS) is 11.4. The van der Waals surface area contributed by atoms with Crippen LogP contribution in [-0.2, 0) is 13.2 Å². The largest absolute Gasteiger partial charge is 0.488 e. The molecule has 0 amide bonds. The van der Waals surface area contributed by atoms with E-state index in [1.165, 1.54) is 16.3 Å². The molecule has 3 aromatic rings. The molecular weight excluding hydrogens is 415 g/mol. The first-order valence-corrected chi connectivity index (χ1v) is 11.4. The number of hydrogen-bond donors (Lipinski definition) is 1. The molecule has 1 N–H and O–H groups in total. The average molecular weight is 445 g/mol. The highest BCUT2D eigenvalue weighted by Gasteiger charge is 2.12. The average Bonchev–Trinajstić information content (AvgIpc) is 2.76. The zero-order valence-corrected chi connectivity index (χ0v) is 19.3. The first-order chi connectivity index (χ1) is 14.6. The third-order valence-electron chi connectivity index (χ3n) is 5.46. The summed E-state index contributed by atoms with van der Waals surface area (Å²) in [5, 5.41) is 7.26. The van der Waals surface area contributed by atoms with E-state index in [4.69, 9.17) is 27.9 Å². The molecule has 0 heterocycles. The number of rotatable bonds is 11. The molecule has 3 rings (SSSR count). The summed E-state index contributed by atoms with van der Waals surface area (Å²) >= 11 is 12.6. The fourth-order valence-electron chi connectivity index (χ4n) is 3.63. The molecule has 0 aliphatic carbocycles. The van der Waals surface area contributed by atoms with Crippen LogP contribution in [0.5, 0.6) is 5.75 Å². The number of fused-ring (bicyclic) bond motifs is 1. The van der Waals surface area contributed by atoms with E-state index in [0.29, 0.717) is 16.7 Å². The van der Waals surface area contributed by atoms with Crippen LogP contribution in [-0.4, -0.2) is 31.1 Å². The van der Waals surface area contributed by atoms with Gasteiger partial charge in [-0.15, -0.1) is 0 Å². The summed E-state index contributed by atoms with van der Waals surface area (Å²) in [6, 6.07) is 18.1. The van der Waals surface area contributed by atoms with Gasteiger partial charge in [0.15, 0.2) is 0 Å². The molecule has 0 aromatic heterocycles. The van der Waals surface area contributed by atoms with Crippen LogP contribution < -0.4 is 10.1 Å². The molecule has 160 valence electrons. The quantitative estimate of drug-likeness (QED) is 0.339. The highest BCUT2D eigenvalue weighted by atomic mass is 35.5. The number of ether oxygens (including phenoxy) is 1. The van der Waals surface area contributed by atoms with Crippen molar-refractivity contribution in [1.29, 1.82) is 0 Å². The predicted molar refractivity (Wildman–Crippen MR) is 129 cm³/mol. The van der Waals surface area contributed by atoms with Crippen molar-refractivity contribution in [3.05, 3.63) is 75.8 Å². The molecule has 0 fully saturated rings. The Kier molecular flexibility index (Phi) is 8.83. The Morgan fingerprint density at radius 2 is 1.60 bits per heavy atom. The van der Waals surface area contributed by atoms with Crippen LogP contribution in [0, 0.1) is 0 Å². The summed E-state index contributed by atoms with van der Waals surface area (Å²) in [5.41, 5.74) is 1.98. The summed E-state index contributed by atoms with van der Waals surface area (Å²) in [5.74, 6) is 0.862. The molecule has 0 spiro atoms. The maximum absolute atomic E-state index is 6.32. The lowest BCUT2D eigenvalue weighted by atomic mass is 10.0. The van der Waals surface area contributed by atoms with Crippen LogP contribution in [0.4, 0.5) is 0 Å². The second-order valence-electron chi connectivity index (χ2n) is 7.31. The Hall–Kier alpha value is -1.78. The van der Waals surface area contributed by atoms with Crippen molar-refractivity contribution in [3.63, 3.8) is 0 Å². The molecule has 30 heavy (non-hydrogen) atoms. The molecule has 5 heteroatoms. The molecule has 3 aromatic carbocycles. The van der Waals surface area contributed by atoms with Crippen LogP contribution >= 0.6 is 23.2 Å². The first kappa shape index (κ1) is 22.9. The van der Waals surface area contributed by atoms with E-state index in [2.05, 4.69) is 54.4 Å². The third-order valence-corrected chi connectivity index (χ3v) is 6.16. The van der Waals surface area contributed by atoms with Crippen LogP contribution in [0.2, 0.25) is 10.0 Å². The van der Waals surface area contributed by atoms with Gasteiger partial charge in [-0.1, -0.05) is 73.4 Å². The Bertz CT molecular complexity index is 937. The second kappa shape index (κ2) is 11.6. The van der Waals surface area contributed by atoms with E-state index in [1.54, 1.807) is 0 Å². The SMILES string of the molecule is CCN(CC)CCCNCc1c(OCc2c(Cl)cccc2Cl)ccc2ccccc12. The van der Waals surface area contributed by atoms with Crippen LogP contribution in [0.1, 0.15) is 31.4 Å². The molecule has 0 aliphatic heterocycles. The Labute approximate surface area is 189 Å². The van der Waals surface area contributed by atoms with Crippen LogP contribution in [0.3, 0.4) is 0 Å². The molecule has 3 nitrogen and oxygen atoms in total. The molecule has 0 bridgehead atoms. The molecule has 0 saturated heterocycles. The van der Waals surface area contributed by atoms with Crippen molar-refractivity contribution in [2.75, 3.05) is 26.2 Å². The van der Waals surface area contributed by atoms with Crippen molar-refractivity contribution in [3.8, 4) is 5.75 Å². The second-order valence-corrected chi connectivity index (χ2v) is 8.12. The summed E-state index contributed by atoms with van der Waals surface area (Å²) < 4.78 is 6.21. The molecule has 0 unspecified atom stereocenters. The minimum atomic E-state index is 0.339. The fraction of sp³-hybridized carbons (Fsp3) is 0.360. The van der Waals surface area contributed by atoms with Gasteiger partial charge in [-0.05, 0) is 61.6 Å². The topological polar surface area (TPSA) is 24.5 Å². The number of halogens is 2. The van der Waals surface area contributed by atoms with Gasteiger partial charge in [-0.25, -0.2) is 0 Å². The Balaban J connectivity index is 1.72. The van der Waals surface area contributed by atoms with Gasteiger partial charge in [0, 0.05) is 27.7 Å². The van der Waals surface area contributed by atoms with Crippen molar-refractivity contribution in [2.45, 2.75) is 33.4 Å². The van der Waals surface area contributed by atoms with E-state index in [0.717, 1.165) is 50.5 Å². The number of benzene rings is 3. The van der Waals surface area contributed by atoms with Crippen molar-refractivity contribution in [1.82, 2.24) is 10.2 Å². The van der Waals surface area contributed by atoms with Gasteiger partial charge in [0.05, 0.1) is 0 Å². The lowest BCUT2D eigenvalue weighted by Crippen LogP contribution is -2.27. The highest BCUT2D eigenvalue weighted by Crippen LogP contribution is 2.31. The summed E-state index contributed by atoms with van der Waals surface area (Å²) in [4.78, 5) is 2.45.